The summed E-state index contributed by atoms with van der Waals surface area (Å²) in [6, 6.07) is 15.8. The molecule has 0 saturated carbocycles. The van der Waals surface area contributed by atoms with E-state index in [4.69, 9.17) is 0 Å². The predicted molar refractivity (Wildman–Crippen MR) is 126 cm³/mol. The number of hydrogen-bond acceptors (Lipinski definition) is 6. The molecule has 1 saturated heterocycles. The molecule has 5 rings (SSSR count). The number of carbonyl (C=O) groups is 1. The van der Waals surface area contributed by atoms with Gasteiger partial charge in [-0.2, -0.15) is 4.68 Å². The highest BCUT2D eigenvalue weighted by Gasteiger charge is 2.26. The van der Waals surface area contributed by atoms with E-state index in [1.54, 1.807) is 11.0 Å². The van der Waals surface area contributed by atoms with Crippen LogP contribution in [0.3, 0.4) is 0 Å². The lowest BCUT2D eigenvalue weighted by atomic mass is 10.2. The van der Waals surface area contributed by atoms with Crippen LogP contribution in [0, 0.1) is 10.5 Å². The van der Waals surface area contributed by atoms with Crippen LogP contribution in [0.5, 0.6) is 0 Å². The van der Waals surface area contributed by atoms with Crippen LogP contribution in [0.4, 0.5) is 5.82 Å². The summed E-state index contributed by atoms with van der Waals surface area (Å²) in [5.41, 5.74) is 4.18. The zero-order valence-electron chi connectivity index (χ0n) is 16.9. The molecule has 2 aromatic carbocycles. The Morgan fingerprint density at radius 1 is 0.968 bits per heavy atom. The van der Waals surface area contributed by atoms with Gasteiger partial charge in [-0.1, -0.05) is 35.0 Å². The summed E-state index contributed by atoms with van der Waals surface area (Å²) in [6.07, 6.45) is 1.55. The Morgan fingerprint density at radius 3 is 2.45 bits per heavy atom. The van der Waals surface area contributed by atoms with Gasteiger partial charge in [0.25, 0.3) is 5.91 Å². The fourth-order valence-corrected chi connectivity index (χ4v) is 4.37. The van der Waals surface area contributed by atoms with Crippen molar-refractivity contribution in [3.63, 3.8) is 0 Å². The van der Waals surface area contributed by atoms with Crippen molar-refractivity contribution >= 4 is 45.5 Å². The first kappa shape index (κ1) is 19.9. The van der Waals surface area contributed by atoms with Crippen LogP contribution in [0.1, 0.15) is 15.9 Å². The molecule has 9 heteroatoms. The van der Waals surface area contributed by atoms with Crippen LogP contribution in [-0.2, 0) is 0 Å². The van der Waals surface area contributed by atoms with E-state index in [0.717, 1.165) is 20.6 Å². The molecule has 0 atom stereocenters. The number of carbonyl (C=O) groups excluding carboxylic acids is 1. The summed E-state index contributed by atoms with van der Waals surface area (Å²) < 4.78 is 2.70. The fraction of sp³-hybridized carbons (Fsp3) is 0.227. The van der Waals surface area contributed by atoms with Gasteiger partial charge >= 0.3 is 0 Å². The first-order chi connectivity index (χ1) is 15.1. The maximum absolute atomic E-state index is 12.9. The van der Waals surface area contributed by atoms with Crippen LogP contribution < -0.4 is 4.90 Å². The zero-order valence-corrected chi connectivity index (χ0v) is 19.1. The number of hydrogen-bond donors (Lipinski definition) is 0. The molecule has 0 N–H and O–H groups in total. The van der Waals surface area contributed by atoms with Crippen molar-refractivity contribution in [2.75, 3.05) is 31.1 Å². The van der Waals surface area contributed by atoms with Gasteiger partial charge in [-0.05, 0) is 53.8 Å². The molecule has 8 nitrogen and oxygen atoms in total. The third kappa shape index (κ3) is 3.73. The summed E-state index contributed by atoms with van der Waals surface area (Å²) in [5.74, 6) is 0.826. The molecule has 1 aliphatic rings. The number of benzene rings is 2. The minimum atomic E-state index is 0.0720. The third-order valence-electron chi connectivity index (χ3n) is 5.47. The Kier molecular flexibility index (Phi) is 5.26. The summed E-state index contributed by atoms with van der Waals surface area (Å²) >= 11 is 2.21. The van der Waals surface area contributed by atoms with Gasteiger partial charge in [0, 0.05) is 29.7 Å². The highest BCUT2D eigenvalue weighted by Crippen LogP contribution is 2.24. The smallest absolute Gasteiger partial charge is 0.255 e. The number of aryl methyl sites for hydroxylation is 1. The number of rotatable bonds is 3. The first-order valence-corrected chi connectivity index (χ1v) is 11.1. The van der Waals surface area contributed by atoms with E-state index in [9.17, 15) is 4.79 Å². The molecule has 0 bridgehead atoms. The molecule has 31 heavy (non-hydrogen) atoms. The molecule has 0 aliphatic carbocycles. The molecule has 156 valence electrons. The molecule has 1 aliphatic heterocycles. The number of anilines is 1. The number of nitrogens with zero attached hydrogens (tertiary/aromatic N) is 7. The van der Waals surface area contributed by atoms with E-state index in [1.807, 2.05) is 60.4 Å². The second-order valence-corrected chi connectivity index (χ2v) is 8.63. The average molecular weight is 525 g/mol. The number of fused-ring (bicyclic) bond motifs is 1. The monoisotopic (exact) mass is 525 g/mol. The van der Waals surface area contributed by atoms with Gasteiger partial charge in [0.15, 0.2) is 17.0 Å². The molecular weight excluding hydrogens is 505 g/mol. The van der Waals surface area contributed by atoms with Crippen molar-refractivity contribution in [2.24, 2.45) is 0 Å². The first-order valence-electron chi connectivity index (χ1n) is 10.0. The topological polar surface area (TPSA) is 80.0 Å². The molecule has 1 amide bonds. The fourth-order valence-electron chi connectivity index (χ4n) is 3.75. The maximum atomic E-state index is 12.9. The van der Waals surface area contributed by atoms with Gasteiger partial charge in [-0.3, -0.25) is 4.79 Å². The molecule has 0 spiro atoms. The SMILES string of the molecule is Cc1ccc(-n2nnc3c(N4CCN(C(=O)c5ccccc5I)CC4)ncnc32)cc1. The number of piperazine rings is 1. The Balaban J connectivity index is 1.37. The van der Waals surface area contributed by atoms with Crippen molar-refractivity contribution < 1.29 is 4.79 Å². The van der Waals surface area contributed by atoms with E-state index in [2.05, 4.69) is 47.8 Å². The Hall–Kier alpha value is -3.08. The normalized spacial score (nSPS) is 14.3. The average Bonchev–Trinajstić information content (AvgIpc) is 3.24. The van der Waals surface area contributed by atoms with E-state index >= 15 is 0 Å². The van der Waals surface area contributed by atoms with Crippen molar-refractivity contribution in [3.8, 4) is 5.69 Å². The minimum absolute atomic E-state index is 0.0720. The Bertz CT molecular complexity index is 1250. The van der Waals surface area contributed by atoms with Crippen molar-refractivity contribution in [1.29, 1.82) is 0 Å². The summed E-state index contributed by atoms with van der Waals surface area (Å²) in [5, 5.41) is 8.69. The van der Waals surface area contributed by atoms with E-state index in [1.165, 1.54) is 5.56 Å². The molecule has 0 radical (unpaired) electrons. The second-order valence-electron chi connectivity index (χ2n) is 7.47. The van der Waals surface area contributed by atoms with Crippen LogP contribution in [0.15, 0.2) is 54.9 Å². The van der Waals surface area contributed by atoms with E-state index in [0.29, 0.717) is 37.3 Å². The van der Waals surface area contributed by atoms with Gasteiger partial charge < -0.3 is 9.80 Å². The van der Waals surface area contributed by atoms with Gasteiger partial charge in [-0.25, -0.2) is 9.97 Å². The third-order valence-corrected chi connectivity index (χ3v) is 6.41. The van der Waals surface area contributed by atoms with Gasteiger partial charge in [-0.15, -0.1) is 5.10 Å². The second kappa shape index (κ2) is 8.22. The highest BCUT2D eigenvalue weighted by atomic mass is 127. The molecule has 4 aromatic rings. The number of aromatic nitrogens is 5. The van der Waals surface area contributed by atoms with Crippen molar-refractivity contribution in [1.82, 2.24) is 29.9 Å². The number of amides is 1. The van der Waals surface area contributed by atoms with E-state index < -0.39 is 0 Å². The zero-order chi connectivity index (χ0) is 21.4. The molecule has 2 aromatic heterocycles. The summed E-state index contributed by atoms with van der Waals surface area (Å²) in [4.78, 5) is 25.9. The lowest BCUT2D eigenvalue weighted by molar-refractivity contribution is 0.0745. The molecule has 1 fully saturated rings. The maximum Gasteiger partial charge on any atom is 0.255 e. The van der Waals surface area contributed by atoms with Gasteiger partial charge in [0.05, 0.1) is 11.3 Å². The van der Waals surface area contributed by atoms with E-state index in [-0.39, 0.29) is 5.91 Å². The summed E-state index contributed by atoms with van der Waals surface area (Å²) in [7, 11) is 0. The predicted octanol–water partition coefficient (Wildman–Crippen LogP) is 3.09. The quantitative estimate of drug-likeness (QED) is 0.383. The minimum Gasteiger partial charge on any atom is -0.351 e. The lowest BCUT2D eigenvalue weighted by Crippen LogP contribution is -2.49. The highest BCUT2D eigenvalue weighted by molar-refractivity contribution is 14.1. The van der Waals surface area contributed by atoms with Crippen molar-refractivity contribution in [3.05, 3.63) is 69.6 Å². The van der Waals surface area contributed by atoms with Crippen molar-refractivity contribution in [2.45, 2.75) is 6.92 Å². The lowest BCUT2D eigenvalue weighted by Gasteiger charge is -2.35. The Morgan fingerprint density at radius 2 is 1.71 bits per heavy atom. The summed E-state index contributed by atoms with van der Waals surface area (Å²) in [6.45, 7) is 4.66. The molecular formula is C22H20IN7O. The Labute approximate surface area is 193 Å². The largest absolute Gasteiger partial charge is 0.351 e. The van der Waals surface area contributed by atoms with Crippen LogP contribution in [0.2, 0.25) is 0 Å². The van der Waals surface area contributed by atoms with Crippen LogP contribution >= 0.6 is 22.6 Å². The molecule has 0 unspecified atom stereocenters. The van der Waals surface area contributed by atoms with Crippen LogP contribution in [-0.4, -0.2) is 61.9 Å². The molecule has 3 heterocycles. The number of halogens is 1. The standard InChI is InChI=1S/C22H20IN7O/c1-15-6-8-16(9-7-15)30-21-19(26-27-30)20(24-14-25-21)28-10-12-29(13-11-28)22(31)17-4-2-3-5-18(17)23/h2-9,14H,10-13H2,1H3. The van der Waals surface area contributed by atoms with Gasteiger partial charge in [0.2, 0.25) is 0 Å². The van der Waals surface area contributed by atoms with Gasteiger partial charge in [0.1, 0.15) is 6.33 Å². The van der Waals surface area contributed by atoms with Crippen LogP contribution in [0.25, 0.3) is 16.9 Å².